The van der Waals surface area contributed by atoms with Crippen molar-refractivity contribution in [3.05, 3.63) is 57.3 Å². The zero-order chi connectivity index (χ0) is 18.7. The van der Waals surface area contributed by atoms with Crippen molar-refractivity contribution >= 4 is 23.3 Å². The molecule has 1 N–H and O–H groups in total. The van der Waals surface area contributed by atoms with Gasteiger partial charge in [-0.1, -0.05) is 23.8 Å². The Morgan fingerprint density at radius 2 is 1.77 bits per heavy atom. The average molecular weight is 372 g/mol. The maximum absolute atomic E-state index is 12.6. The van der Waals surface area contributed by atoms with Gasteiger partial charge >= 0.3 is 6.03 Å². The van der Waals surface area contributed by atoms with E-state index in [2.05, 4.69) is 37.4 Å². The molecule has 138 valence electrons. The van der Waals surface area contributed by atoms with Crippen molar-refractivity contribution in [1.82, 2.24) is 15.1 Å². The summed E-state index contributed by atoms with van der Waals surface area (Å²) in [6.45, 7) is 8.38. The summed E-state index contributed by atoms with van der Waals surface area (Å²) in [6, 6.07) is 8.02. The van der Waals surface area contributed by atoms with E-state index in [0.717, 1.165) is 11.1 Å². The molecule has 1 aromatic heterocycles. The maximum Gasteiger partial charge on any atom is 0.317 e. The summed E-state index contributed by atoms with van der Waals surface area (Å²) in [5.74, 6) is 0.0510. The quantitative estimate of drug-likeness (QED) is 0.896. The highest BCUT2D eigenvalue weighted by Crippen LogP contribution is 2.19. The average Bonchev–Trinajstić information content (AvgIpc) is 3.17. The Morgan fingerprint density at radius 3 is 2.42 bits per heavy atom. The van der Waals surface area contributed by atoms with E-state index in [-0.39, 0.29) is 18.0 Å². The lowest BCUT2D eigenvalue weighted by molar-refractivity contribution is 0.0664. The van der Waals surface area contributed by atoms with E-state index in [0.29, 0.717) is 26.2 Å². The number of nitrogens with zero attached hydrogens (tertiary/aromatic N) is 2. The number of thiophene rings is 1. The predicted octanol–water partition coefficient (Wildman–Crippen LogP) is 3.59. The minimum absolute atomic E-state index is 0.0483. The van der Waals surface area contributed by atoms with Gasteiger partial charge in [0, 0.05) is 31.6 Å². The van der Waals surface area contributed by atoms with Crippen LogP contribution in [0.25, 0.3) is 0 Å². The fraction of sp³-hybridized carbons (Fsp3) is 0.400. The number of rotatable bonds is 3. The topological polar surface area (TPSA) is 52.7 Å². The maximum atomic E-state index is 12.6. The van der Waals surface area contributed by atoms with Crippen LogP contribution in [0.4, 0.5) is 4.79 Å². The van der Waals surface area contributed by atoms with Crippen LogP contribution in [0.2, 0.25) is 0 Å². The zero-order valence-electron chi connectivity index (χ0n) is 15.5. The lowest BCUT2D eigenvalue weighted by Crippen LogP contribution is -2.53. The summed E-state index contributed by atoms with van der Waals surface area (Å²) in [7, 11) is 0. The molecule has 1 atom stereocenters. The molecule has 1 aliphatic rings. The zero-order valence-corrected chi connectivity index (χ0v) is 16.3. The van der Waals surface area contributed by atoms with Gasteiger partial charge in [0.1, 0.15) is 0 Å². The lowest BCUT2D eigenvalue weighted by atomic mass is 10.00. The molecule has 3 rings (SSSR count). The number of urea groups is 1. The molecule has 3 amide bonds. The molecular weight excluding hydrogens is 346 g/mol. The molecule has 5 nitrogen and oxygen atoms in total. The van der Waals surface area contributed by atoms with Gasteiger partial charge < -0.3 is 15.1 Å². The summed E-state index contributed by atoms with van der Waals surface area (Å²) in [6.07, 6.45) is 0. The van der Waals surface area contributed by atoms with E-state index in [1.807, 2.05) is 28.7 Å². The molecule has 1 aliphatic heterocycles. The van der Waals surface area contributed by atoms with Crippen LogP contribution in [-0.4, -0.2) is 47.9 Å². The summed E-state index contributed by atoms with van der Waals surface area (Å²) in [5.41, 5.74) is 4.24. The second-order valence-corrected chi connectivity index (χ2v) is 7.60. The Bertz CT molecular complexity index is 780. The minimum atomic E-state index is -0.0685. The molecule has 26 heavy (non-hydrogen) atoms. The number of nitrogens with one attached hydrogen (secondary N) is 1. The van der Waals surface area contributed by atoms with E-state index in [1.54, 1.807) is 4.90 Å². The van der Waals surface area contributed by atoms with Crippen molar-refractivity contribution in [3.8, 4) is 0 Å². The summed E-state index contributed by atoms with van der Waals surface area (Å²) in [5, 5.41) is 6.87. The SMILES string of the molecule is Cc1ccc(C)c(C(C)NC(=O)N2CCN(C(=O)c3ccsc3)CC2)c1. The van der Waals surface area contributed by atoms with Crippen LogP contribution >= 0.6 is 11.3 Å². The number of carbonyl (C=O) groups is 2. The smallest absolute Gasteiger partial charge is 0.317 e. The molecule has 0 saturated carbocycles. The van der Waals surface area contributed by atoms with Crippen molar-refractivity contribution in [2.45, 2.75) is 26.8 Å². The Morgan fingerprint density at radius 1 is 1.08 bits per heavy atom. The Balaban J connectivity index is 1.55. The van der Waals surface area contributed by atoms with E-state index in [1.165, 1.54) is 22.5 Å². The summed E-state index contributed by atoms with van der Waals surface area (Å²) < 4.78 is 0. The van der Waals surface area contributed by atoms with E-state index < -0.39 is 0 Å². The van der Waals surface area contributed by atoms with Gasteiger partial charge in [-0.25, -0.2) is 4.79 Å². The molecule has 6 heteroatoms. The fourth-order valence-electron chi connectivity index (χ4n) is 3.26. The molecule has 1 fully saturated rings. The first-order valence-corrected chi connectivity index (χ1v) is 9.84. The van der Waals surface area contributed by atoms with Gasteiger partial charge in [0.05, 0.1) is 11.6 Å². The molecule has 0 aliphatic carbocycles. The van der Waals surface area contributed by atoms with Gasteiger partial charge in [-0.05, 0) is 43.3 Å². The summed E-state index contributed by atoms with van der Waals surface area (Å²) >= 11 is 1.52. The Kier molecular flexibility index (Phi) is 5.61. The summed E-state index contributed by atoms with van der Waals surface area (Å²) in [4.78, 5) is 28.6. The highest BCUT2D eigenvalue weighted by atomic mass is 32.1. The van der Waals surface area contributed by atoms with Gasteiger partial charge in [-0.3, -0.25) is 4.79 Å². The third-order valence-electron chi connectivity index (χ3n) is 4.86. The third kappa shape index (κ3) is 4.07. The van der Waals surface area contributed by atoms with Crippen LogP contribution < -0.4 is 5.32 Å². The van der Waals surface area contributed by atoms with Crippen molar-refractivity contribution < 1.29 is 9.59 Å². The van der Waals surface area contributed by atoms with Crippen LogP contribution in [0.1, 0.15) is 40.0 Å². The first-order chi connectivity index (χ1) is 12.5. The van der Waals surface area contributed by atoms with Crippen molar-refractivity contribution in [1.29, 1.82) is 0 Å². The number of benzene rings is 1. The normalized spacial score (nSPS) is 15.7. The molecule has 2 aromatic rings. The van der Waals surface area contributed by atoms with Crippen LogP contribution in [0.3, 0.4) is 0 Å². The first kappa shape index (κ1) is 18.5. The molecule has 0 spiro atoms. The van der Waals surface area contributed by atoms with Gasteiger partial charge in [0.2, 0.25) is 0 Å². The highest BCUT2D eigenvalue weighted by molar-refractivity contribution is 7.08. The van der Waals surface area contributed by atoms with Gasteiger partial charge in [0.15, 0.2) is 0 Å². The second-order valence-electron chi connectivity index (χ2n) is 6.82. The molecule has 2 heterocycles. The molecule has 0 radical (unpaired) electrons. The number of hydrogen-bond acceptors (Lipinski definition) is 3. The number of hydrogen-bond donors (Lipinski definition) is 1. The number of amides is 3. The monoisotopic (exact) mass is 371 g/mol. The Labute approximate surface area is 158 Å². The fourth-order valence-corrected chi connectivity index (χ4v) is 3.89. The van der Waals surface area contributed by atoms with Gasteiger partial charge in [0.25, 0.3) is 5.91 Å². The van der Waals surface area contributed by atoms with Gasteiger partial charge in [-0.2, -0.15) is 11.3 Å². The van der Waals surface area contributed by atoms with Crippen molar-refractivity contribution in [3.63, 3.8) is 0 Å². The van der Waals surface area contributed by atoms with Gasteiger partial charge in [-0.15, -0.1) is 0 Å². The minimum Gasteiger partial charge on any atom is -0.335 e. The standard InChI is InChI=1S/C20H25N3O2S/c1-14-4-5-15(2)18(12-14)16(3)21-20(25)23-9-7-22(8-10-23)19(24)17-6-11-26-13-17/h4-6,11-13,16H,7-10H2,1-3H3,(H,21,25). The molecule has 1 unspecified atom stereocenters. The third-order valence-corrected chi connectivity index (χ3v) is 5.55. The van der Waals surface area contributed by atoms with Crippen LogP contribution in [0.5, 0.6) is 0 Å². The highest BCUT2D eigenvalue weighted by Gasteiger charge is 2.26. The molecule has 1 aromatic carbocycles. The van der Waals surface area contributed by atoms with E-state index in [9.17, 15) is 9.59 Å². The first-order valence-electron chi connectivity index (χ1n) is 8.90. The number of piperazine rings is 1. The number of carbonyl (C=O) groups excluding carboxylic acids is 2. The Hall–Kier alpha value is -2.34. The van der Waals surface area contributed by atoms with Crippen molar-refractivity contribution in [2.24, 2.45) is 0 Å². The largest absolute Gasteiger partial charge is 0.335 e. The molecule has 0 bridgehead atoms. The predicted molar refractivity (Wildman–Crippen MR) is 105 cm³/mol. The van der Waals surface area contributed by atoms with Crippen LogP contribution in [-0.2, 0) is 0 Å². The van der Waals surface area contributed by atoms with Crippen molar-refractivity contribution in [2.75, 3.05) is 26.2 Å². The lowest BCUT2D eigenvalue weighted by Gasteiger charge is -2.35. The number of aryl methyl sites for hydroxylation is 2. The second kappa shape index (κ2) is 7.91. The van der Waals surface area contributed by atoms with Crippen LogP contribution in [0, 0.1) is 13.8 Å². The molecule has 1 saturated heterocycles. The van der Waals surface area contributed by atoms with Crippen LogP contribution in [0.15, 0.2) is 35.0 Å². The van der Waals surface area contributed by atoms with E-state index in [4.69, 9.17) is 0 Å². The van der Waals surface area contributed by atoms with E-state index >= 15 is 0 Å². The molecular formula is C20H25N3O2S.